The zero-order valence-corrected chi connectivity index (χ0v) is 7.44. The first-order valence-electron chi connectivity index (χ1n) is 3.93. The zero-order valence-electron chi connectivity index (χ0n) is 7.44. The van der Waals surface area contributed by atoms with Crippen LogP contribution in [0.25, 0.3) is 0 Å². The number of carboxylic acid groups (broad SMARTS) is 1. The third-order valence-electron chi connectivity index (χ3n) is 1.75. The van der Waals surface area contributed by atoms with Crippen molar-refractivity contribution in [3.8, 4) is 6.07 Å². The van der Waals surface area contributed by atoms with Crippen LogP contribution in [-0.2, 0) is 11.2 Å². The van der Waals surface area contributed by atoms with Gasteiger partial charge in [-0.2, -0.15) is 5.26 Å². The molecule has 0 fully saturated rings. The molecule has 0 saturated heterocycles. The Kier molecular flexibility index (Phi) is 3.29. The molecule has 15 heavy (non-hydrogen) atoms. The van der Waals surface area contributed by atoms with Crippen LogP contribution in [0, 0.1) is 11.3 Å². The second kappa shape index (κ2) is 4.46. The first-order valence-corrected chi connectivity index (χ1v) is 3.93. The number of nitriles is 1. The van der Waals surface area contributed by atoms with Gasteiger partial charge in [0.05, 0.1) is 12.0 Å². The molecule has 0 aromatic carbocycles. The molecule has 0 amide bonds. The number of halogens is 2. The summed E-state index contributed by atoms with van der Waals surface area (Å²) in [6.07, 6.45) is -1.41. The van der Waals surface area contributed by atoms with E-state index in [1.54, 1.807) is 6.07 Å². The van der Waals surface area contributed by atoms with E-state index in [9.17, 15) is 13.6 Å². The smallest absolute Gasteiger partial charge is 0.307 e. The molecule has 0 spiro atoms. The molecular formula is C9H6F2N2O2. The molecule has 1 rings (SSSR count). The van der Waals surface area contributed by atoms with E-state index in [2.05, 4.69) is 4.98 Å². The number of aromatic nitrogens is 1. The Hall–Kier alpha value is -2.03. The van der Waals surface area contributed by atoms with Crippen LogP contribution in [0.15, 0.2) is 12.4 Å². The van der Waals surface area contributed by atoms with Crippen LogP contribution in [0.5, 0.6) is 0 Å². The van der Waals surface area contributed by atoms with Gasteiger partial charge in [0.2, 0.25) is 0 Å². The van der Waals surface area contributed by atoms with Crippen molar-refractivity contribution in [1.29, 1.82) is 5.26 Å². The normalized spacial score (nSPS) is 10.0. The topological polar surface area (TPSA) is 74.0 Å². The lowest BCUT2D eigenvalue weighted by molar-refractivity contribution is -0.136. The number of rotatable bonds is 3. The summed E-state index contributed by atoms with van der Waals surface area (Å²) in [5.74, 6) is -1.24. The Balaban J connectivity index is 3.26. The van der Waals surface area contributed by atoms with E-state index in [-0.39, 0.29) is 11.1 Å². The van der Waals surface area contributed by atoms with Gasteiger partial charge in [0, 0.05) is 18.0 Å². The van der Waals surface area contributed by atoms with E-state index in [1.807, 2.05) is 0 Å². The van der Waals surface area contributed by atoms with Gasteiger partial charge in [0.15, 0.2) is 0 Å². The maximum atomic E-state index is 12.6. The molecule has 1 aromatic rings. The zero-order chi connectivity index (χ0) is 11.4. The maximum absolute atomic E-state index is 12.6. The van der Waals surface area contributed by atoms with Gasteiger partial charge < -0.3 is 5.11 Å². The molecule has 1 aromatic heterocycles. The number of carboxylic acids is 1. The molecule has 78 valence electrons. The van der Waals surface area contributed by atoms with E-state index >= 15 is 0 Å². The van der Waals surface area contributed by atoms with Crippen molar-refractivity contribution in [1.82, 2.24) is 4.98 Å². The third-order valence-corrected chi connectivity index (χ3v) is 1.75. The molecule has 0 atom stereocenters. The highest BCUT2D eigenvalue weighted by atomic mass is 19.3. The summed E-state index contributed by atoms with van der Waals surface area (Å²) >= 11 is 0. The second-order valence-electron chi connectivity index (χ2n) is 2.74. The predicted molar refractivity (Wildman–Crippen MR) is 45.2 cm³/mol. The minimum Gasteiger partial charge on any atom is -0.481 e. The predicted octanol–water partition coefficient (Wildman–Crippen LogP) is 1.52. The summed E-state index contributed by atoms with van der Waals surface area (Å²) in [4.78, 5) is 13.9. The van der Waals surface area contributed by atoms with Crippen LogP contribution < -0.4 is 0 Å². The molecule has 0 aliphatic rings. The van der Waals surface area contributed by atoms with Crippen LogP contribution >= 0.6 is 0 Å². The van der Waals surface area contributed by atoms with Crippen LogP contribution in [0.2, 0.25) is 0 Å². The standard InChI is InChI=1S/C9H6F2N2O2/c10-9(11)8-5(1-7(14)15)3-13-4-6(8)2-12/h3-4,9H,1H2,(H,14,15). The highest BCUT2D eigenvalue weighted by Crippen LogP contribution is 2.25. The number of alkyl halides is 2. The Morgan fingerprint density at radius 2 is 2.27 bits per heavy atom. The second-order valence-corrected chi connectivity index (χ2v) is 2.74. The van der Waals surface area contributed by atoms with E-state index in [0.717, 1.165) is 12.4 Å². The van der Waals surface area contributed by atoms with Crippen molar-refractivity contribution in [2.24, 2.45) is 0 Å². The number of pyridine rings is 1. The molecule has 4 nitrogen and oxygen atoms in total. The number of nitrogens with zero attached hydrogens (tertiary/aromatic N) is 2. The summed E-state index contributed by atoms with van der Waals surface area (Å²) in [6, 6.07) is 1.56. The van der Waals surface area contributed by atoms with Gasteiger partial charge in [-0.15, -0.1) is 0 Å². The molecular weight excluding hydrogens is 206 g/mol. The lowest BCUT2D eigenvalue weighted by atomic mass is 10.0. The fraction of sp³-hybridized carbons (Fsp3) is 0.222. The van der Waals surface area contributed by atoms with Gasteiger partial charge in [-0.3, -0.25) is 9.78 Å². The average molecular weight is 212 g/mol. The molecule has 0 saturated carbocycles. The SMILES string of the molecule is N#Cc1cncc(CC(=O)O)c1C(F)F. The molecule has 0 aliphatic heterocycles. The lowest BCUT2D eigenvalue weighted by Gasteiger charge is -2.07. The monoisotopic (exact) mass is 212 g/mol. The Morgan fingerprint density at radius 1 is 1.60 bits per heavy atom. The minimum absolute atomic E-state index is 0.128. The average Bonchev–Trinajstić information content (AvgIpc) is 2.15. The van der Waals surface area contributed by atoms with Crippen molar-refractivity contribution in [2.75, 3.05) is 0 Å². The fourth-order valence-electron chi connectivity index (χ4n) is 1.16. The quantitative estimate of drug-likeness (QED) is 0.824. The van der Waals surface area contributed by atoms with E-state index in [0.29, 0.717) is 0 Å². The highest BCUT2D eigenvalue weighted by molar-refractivity contribution is 5.71. The van der Waals surface area contributed by atoms with Gasteiger partial charge in [-0.05, 0) is 5.56 Å². The summed E-state index contributed by atoms with van der Waals surface area (Å²) in [6.45, 7) is 0. The van der Waals surface area contributed by atoms with Crippen molar-refractivity contribution < 1.29 is 18.7 Å². The maximum Gasteiger partial charge on any atom is 0.307 e. The Bertz CT molecular complexity index is 427. The van der Waals surface area contributed by atoms with Crippen LogP contribution in [0.3, 0.4) is 0 Å². The van der Waals surface area contributed by atoms with Gasteiger partial charge in [0.1, 0.15) is 6.07 Å². The van der Waals surface area contributed by atoms with Gasteiger partial charge >= 0.3 is 5.97 Å². The van der Waals surface area contributed by atoms with Gasteiger partial charge in [-0.25, -0.2) is 8.78 Å². The van der Waals surface area contributed by atoms with Crippen molar-refractivity contribution >= 4 is 5.97 Å². The Labute approximate surface area is 83.8 Å². The van der Waals surface area contributed by atoms with Gasteiger partial charge in [0.25, 0.3) is 6.43 Å². The minimum atomic E-state index is -2.88. The lowest BCUT2D eigenvalue weighted by Crippen LogP contribution is -2.06. The number of hydrogen-bond acceptors (Lipinski definition) is 3. The van der Waals surface area contributed by atoms with E-state index in [1.165, 1.54) is 0 Å². The molecule has 0 unspecified atom stereocenters. The third kappa shape index (κ3) is 2.47. The van der Waals surface area contributed by atoms with Gasteiger partial charge in [-0.1, -0.05) is 0 Å². The van der Waals surface area contributed by atoms with Crippen molar-refractivity contribution in [3.05, 3.63) is 29.1 Å². The van der Waals surface area contributed by atoms with Crippen molar-refractivity contribution in [2.45, 2.75) is 12.8 Å². The summed E-state index contributed by atoms with van der Waals surface area (Å²) in [5, 5.41) is 17.0. The van der Waals surface area contributed by atoms with Crippen LogP contribution in [0.4, 0.5) is 8.78 Å². The molecule has 1 N–H and O–H groups in total. The van der Waals surface area contributed by atoms with Crippen molar-refractivity contribution in [3.63, 3.8) is 0 Å². The molecule has 0 radical (unpaired) electrons. The first-order chi connectivity index (χ1) is 7.06. The van der Waals surface area contributed by atoms with Crippen LogP contribution in [-0.4, -0.2) is 16.1 Å². The van der Waals surface area contributed by atoms with Crippen LogP contribution in [0.1, 0.15) is 23.1 Å². The first kappa shape index (κ1) is 11.0. The molecule has 0 aliphatic carbocycles. The Morgan fingerprint density at radius 3 is 2.73 bits per heavy atom. The number of aliphatic carboxylic acids is 1. The number of hydrogen-bond donors (Lipinski definition) is 1. The van der Waals surface area contributed by atoms with E-state index < -0.39 is 24.4 Å². The van der Waals surface area contributed by atoms with E-state index in [4.69, 9.17) is 10.4 Å². The summed E-state index contributed by atoms with van der Waals surface area (Å²) in [5.41, 5.74) is -0.963. The summed E-state index contributed by atoms with van der Waals surface area (Å²) < 4.78 is 25.1. The molecule has 6 heteroatoms. The number of carbonyl (C=O) groups is 1. The fourth-order valence-corrected chi connectivity index (χ4v) is 1.16. The molecule has 1 heterocycles. The summed E-state index contributed by atoms with van der Waals surface area (Å²) in [7, 11) is 0. The largest absolute Gasteiger partial charge is 0.481 e. The highest BCUT2D eigenvalue weighted by Gasteiger charge is 2.19. The molecule has 0 bridgehead atoms.